The van der Waals surface area contributed by atoms with Crippen molar-refractivity contribution in [2.45, 2.75) is 39.2 Å². The summed E-state index contributed by atoms with van der Waals surface area (Å²) in [5.74, 6) is 0. The van der Waals surface area contributed by atoms with Crippen LogP contribution in [0.2, 0.25) is 0 Å². The fourth-order valence-electron chi connectivity index (χ4n) is 1.68. The molecule has 140 valence electrons. The predicted octanol–water partition coefficient (Wildman–Crippen LogP) is 4.24. The first-order valence-corrected chi connectivity index (χ1v) is 8.18. The third-order valence-electron chi connectivity index (χ3n) is 2.72. The van der Waals surface area contributed by atoms with Crippen LogP contribution in [0, 0.1) is 0 Å². The van der Waals surface area contributed by atoms with Crippen LogP contribution < -0.4 is 10.6 Å². The zero-order valence-corrected chi connectivity index (χ0v) is 15.8. The van der Waals surface area contributed by atoms with Gasteiger partial charge in [-0.1, -0.05) is 24.3 Å². The van der Waals surface area contributed by atoms with Crippen molar-refractivity contribution in [3.8, 4) is 0 Å². The number of nitrogens with one attached hydrogen (secondary N) is 2. The van der Waals surface area contributed by atoms with Crippen molar-refractivity contribution in [2.24, 2.45) is 0 Å². The average Bonchev–Trinajstić information content (AvgIpc) is 2.54. The van der Waals surface area contributed by atoms with Crippen LogP contribution in [0.25, 0.3) is 0 Å². The van der Waals surface area contributed by atoms with E-state index in [1.165, 1.54) is 0 Å². The largest absolute Gasteiger partial charge is 0.444 e. The van der Waals surface area contributed by atoms with Gasteiger partial charge in [-0.3, -0.25) is 5.32 Å². The van der Waals surface area contributed by atoms with E-state index in [-0.39, 0.29) is 0 Å². The number of carbonyl (C=O) groups is 2. The highest BCUT2D eigenvalue weighted by Crippen LogP contribution is 2.21. The molecule has 6 heteroatoms. The van der Waals surface area contributed by atoms with Crippen LogP contribution in [-0.2, 0) is 14.3 Å². The Morgan fingerprint density at radius 3 is 2.32 bits per heavy atom. The van der Waals surface area contributed by atoms with E-state index in [9.17, 15) is 9.59 Å². The van der Waals surface area contributed by atoms with Gasteiger partial charge in [0.1, 0.15) is 11.9 Å². The Hall–Kier alpha value is -2.34. The number of para-hydroxylation sites is 2. The maximum absolute atomic E-state index is 11.5. The molecule has 0 aliphatic rings. The van der Waals surface area contributed by atoms with Crippen LogP contribution in [0.4, 0.5) is 16.2 Å². The summed E-state index contributed by atoms with van der Waals surface area (Å²) in [6.07, 6.45) is 5.62. The molecule has 1 rings (SSSR count). The SMILES string of the molecule is CNc1ccccc1NC(=O)OC(C)(C)C.COCC/C=C/CC=O. The highest BCUT2D eigenvalue weighted by molar-refractivity contribution is 5.89. The van der Waals surface area contributed by atoms with Crippen molar-refractivity contribution in [3.05, 3.63) is 36.4 Å². The summed E-state index contributed by atoms with van der Waals surface area (Å²) in [6, 6.07) is 7.45. The molecule has 0 aliphatic heterocycles. The van der Waals surface area contributed by atoms with Crippen molar-refractivity contribution in [3.63, 3.8) is 0 Å². The Morgan fingerprint density at radius 1 is 1.16 bits per heavy atom. The molecule has 0 aliphatic carbocycles. The fourth-order valence-corrected chi connectivity index (χ4v) is 1.68. The smallest absolute Gasteiger partial charge is 0.412 e. The van der Waals surface area contributed by atoms with Gasteiger partial charge in [0.05, 0.1) is 11.4 Å². The lowest BCUT2D eigenvalue weighted by Crippen LogP contribution is -2.27. The minimum atomic E-state index is -0.487. The number of allylic oxidation sites excluding steroid dienone is 1. The van der Waals surface area contributed by atoms with Gasteiger partial charge >= 0.3 is 6.09 Å². The van der Waals surface area contributed by atoms with Gasteiger partial charge in [-0.15, -0.1) is 0 Å². The molecule has 1 aromatic carbocycles. The molecule has 6 nitrogen and oxygen atoms in total. The second-order valence-corrected chi connectivity index (χ2v) is 6.08. The molecule has 1 amide bonds. The fraction of sp³-hybridized carbons (Fsp3) is 0.474. The number of anilines is 2. The Kier molecular flexibility index (Phi) is 11.8. The van der Waals surface area contributed by atoms with Gasteiger partial charge < -0.3 is 19.6 Å². The van der Waals surface area contributed by atoms with Crippen LogP contribution in [0.15, 0.2) is 36.4 Å². The summed E-state index contributed by atoms with van der Waals surface area (Å²) in [6.45, 7) is 6.22. The van der Waals surface area contributed by atoms with Crippen molar-refractivity contribution >= 4 is 23.8 Å². The van der Waals surface area contributed by atoms with E-state index < -0.39 is 11.7 Å². The van der Waals surface area contributed by atoms with Gasteiger partial charge in [0, 0.05) is 27.2 Å². The highest BCUT2D eigenvalue weighted by Gasteiger charge is 2.16. The topological polar surface area (TPSA) is 76.7 Å². The molecule has 1 aromatic rings. The second-order valence-electron chi connectivity index (χ2n) is 6.08. The quantitative estimate of drug-likeness (QED) is 0.437. The minimum Gasteiger partial charge on any atom is -0.444 e. The molecule has 25 heavy (non-hydrogen) atoms. The second kappa shape index (κ2) is 13.0. The normalized spacial score (nSPS) is 10.6. The number of methoxy groups -OCH3 is 1. The number of rotatable bonds is 7. The summed E-state index contributed by atoms with van der Waals surface area (Å²) < 4.78 is 9.95. The van der Waals surface area contributed by atoms with E-state index in [2.05, 4.69) is 10.6 Å². The predicted molar refractivity (Wildman–Crippen MR) is 102 cm³/mol. The molecule has 0 fully saturated rings. The Morgan fingerprint density at radius 2 is 1.80 bits per heavy atom. The summed E-state index contributed by atoms with van der Waals surface area (Å²) in [5.41, 5.74) is 1.08. The number of hydrogen-bond donors (Lipinski definition) is 2. The van der Waals surface area contributed by atoms with Crippen molar-refractivity contribution < 1.29 is 19.1 Å². The zero-order chi connectivity index (χ0) is 19.1. The van der Waals surface area contributed by atoms with Gasteiger partial charge in [0.2, 0.25) is 0 Å². The first-order chi connectivity index (χ1) is 11.8. The lowest BCUT2D eigenvalue weighted by molar-refractivity contribution is -0.107. The molecule has 0 saturated carbocycles. The molecular formula is C19H30N2O4. The molecular weight excluding hydrogens is 320 g/mol. The van der Waals surface area contributed by atoms with Gasteiger partial charge in [-0.2, -0.15) is 0 Å². The molecule has 0 unspecified atom stereocenters. The Labute approximate surface area is 150 Å². The molecule has 0 spiro atoms. The monoisotopic (exact) mass is 350 g/mol. The van der Waals surface area contributed by atoms with E-state index in [1.54, 1.807) is 14.2 Å². The first kappa shape index (κ1) is 22.7. The van der Waals surface area contributed by atoms with Crippen LogP contribution >= 0.6 is 0 Å². The van der Waals surface area contributed by atoms with Crippen LogP contribution in [-0.4, -0.2) is 38.7 Å². The molecule has 0 atom stereocenters. The van der Waals surface area contributed by atoms with Crippen LogP contribution in [0.5, 0.6) is 0 Å². The lowest BCUT2D eigenvalue weighted by atomic mass is 10.2. The Balaban J connectivity index is 0.000000547. The Bertz CT molecular complexity index is 536. The van der Waals surface area contributed by atoms with Gasteiger partial charge in [-0.05, 0) is 39.3 Å². The third kappa shape index (κ3) is 12.7. The lowest BCUT2D eigenvalue weighted by Gasteiger charge is -2.20. The first-order valence-electron chi connectivity index (χ1n) is 8.18. The number of amides is 1. The summed E-state index contributed by atoms with van der Waals surface area (Å²) in [4.78, 5) is 21.3. The number of hydrogen-bond acceptors (Lipinski definition) is 5. The molecule has 0 bridgehead atoms. The molecule has 2 N–H and O–H groups in total. The maximum Gasteiger partial charge on any atom is 0.412 e. The van der Waals surface area contributed by atoms with Gasteiger partial charge in [0.15, 0.2) is 0 Å². The van der Waals surface area contributed by atoms with E-state index in [0.29, 0.717) is 12.1 Å². The van der Waals surface area contributed by atoms with Crippen LogP contribution in [0.1, 0.15) is 33.6 Å². The average molecular weight is 350 g/mol. The van der Waals surface area contributed by atoms with Crippen molar-refractivity contribution in [1.29, 1.82) is 0 Å². The molecule has 0 heterocycles. The minimum absolute atomic E-state index is 0.449. The summed E-state index contributed by atoms with van der Waals surface area (Å²) in [7, 11) is 3.46. The third-order valence-corrected chi connectivity index (χ3v) is 2.72. The molecule has 0 radical (unpaired) electrons. The van der Waals surface area contributed by atoms with Crippen molar-refractivity contribution in [2.75, 3.05) is 31.4 Å². The van der Waals surface area contributed by atoms with Gasteiger partial charge in [0.25, 0.3) is 0 Å². The number of aldehydes is 1. The number of carbonyl (C=O) groups excluding carboxylic acids is 2. The van der Waals surface area contributed by atoms with E-state index in [0.717, 1.165) is 25.0 Å². The number of ether oxygens (including phenoxy) is 2. The van der Waals surface area contributed by atoms with E-state index in [1.807, 2.05) is 57.2 Å². The van der Waals surface area contributed by atoms with E-state index in [4.69, 9.17) is 9.47 Å². The summed E-state index contributed by atoms with van der Waals surface area (Å²) in [5, 5.41) is 5.69. The summed E-state index contributed by atoms with van der Waals surface area (Å²) >= 11 is 0. The van der Waals surface area contributed by atoms with Crippen LogP contribution in [0.3, 0.4) is 0 Å². The highest BCUT2D eigenvalue weighted by atomic mass is 16.6. The number of benzene rings is 1. The standard InChI is InChI=1S/C12H18N2O2.C7H12O2/c1-12(2,3)16-11(15)14-10-8-6-5-7-9(10)13-4;1-9-7-5-3-2-4-6-8/h5-8,13H,1-4H3,(H,14,15);2-3,6H,4-5,7H2,1H3/b;3-2+. The van der Waals surface area contributed by atoms with E-state index >= 15 is 0 Å². The maximum atomic E-state index is 11.5. The molecule has 0 saturated heterocycles. The van der Waals surface area contributed by atoms with Gasteiger partial charge in [-0.25, -0.2) is 4.79 Å². The zero-order valence-electron chi connectivity index (χ0n) is 15.8. The molecule has 0 aromatic heterocycles. The van der Waals surface area contributed by atoms with Crippen molar-refractivity contribution in [1.82, 2.24) is 0 Å².